The Balaban J connectivity index is 2.26. The summed E-state index contributed by atoms with van der Waals surface area (Å²) < 4.78 is 39.9. The van der Waals surface area contributed by atoms with Gasteiger partial charge in [-0.15, -0.1) is 0 Å². The molecule has 1 fully saturated rings. The number of nitrogens with one attached hydrogen (secondary N) is 2. The predicted octanol–water partition coefficient (Wildman–Crippen LogP) is 1.46. The van der Waals surface area contributed by atoms with E-state index < -0.39 is 12.8 Å². The summed E-state index contributed by atoms with van der Waals surface area (Å²) in [5.41, 5.74) is -0.380. The Kier molecular flexibility index (Phi) is 6.06. The van der Waals surface area contributed by atoms with Crippen LogP contribution in [0.3, 0.4) is 0 Å². The van der Waals surface area contributed by atoms with Crippen LogP contribution in [0, 0.1) is 5.41 Å². The van der Waals surface area contributed by atoms with Crippen LogP contribution in [0.4, 0.5) is 13.2 Å². The highest BCUT2D eigenvalue weighted by atomic mass is 19.4. The van der Waals surface area contributed by atoms with Crippen molar-refractivity contribution < 1.29 is 22.7 Å². The van der Waals surface area contributed by atoms with E-state index in [1.54, 1.807) is 0 Å². The largest absolute Gasteiger partial charge is 0.411 e. The van der Waals surface area contributed by atoms with Crippen molar-refractivity contribution in [2.75, 3.05) is 32.8 Å². The molecule has 1 saturated heterocycles. The zero-order valence-electron chi connectivity index (χ0n) is 11.1. The molecule has 0 unspecified atom stereocenters. The van der Waals surface area contributed by atoms with Crippen molar-refractivity contribution in [1.29, 1.82) is 0 Å². The molecule has 1 rings (SSSR count). The molecule has 0 saturated carbocycles. The average Bonchev–Trinajstić information content (AvgIpc) is 2.37. The van der Waals surface area contributed by atoms with E-state index in [2.05, 4.69) is 15.4 Å². The standard InChI is InChI=1S/C12H21F3N2O2/c1-2-11(3-5-16-6-4-11)10(18)17-7-8-19-9-12(13,14)15/h16H,2-9H2,1H3,(H,17,18). The number of carbonyl (C=O) groups is 1. The topological polar surface area (TPSA) is 50.4 Å². The van der Waals surface area contributed by atoms with E-state index in [1.807, 2.05) is 6.92 Å². The highest BCUT2D eigenvalue weighted by Crippen LogP contribution is 2.32. The van der Waals surface area contributed by atoms with Crippen LogP contribution >= 0.6 is 0 Å². The molecule has 0 atom stereocenters. The van der Waals surface area contributed by atoms with Gasteiger partial charge in [-0.25, -0.2) is 0 Å². The number of ether oxygens (including phenoxy) is 1. The monoisotopic (exact) mass is 282 g/mol. The molecule has 19 heavy (non-hydrogen) atoms. The minimum atomic E-state index is -4.32. The number of piperidine rings is 1. The van der Waals surface area contributed by atoms with Gasteiger partial charge in [-0.3, -0.25) is 4.79 Å². The summed E-state index contributed by atoms with van der Waals surface area (Å²) in [4.78, 5) is 12.1. The highest BCUT2D eigenvalue weighted by molar-refractivity contribution is 5.82. The van der Waals surface area contributed by atoms with Gasteiger partial charge in [0.1, 0.15) is 6.61 Å². The van der Waals surface area contributed by atoms with Crippen LogP contribution in [-0.2, 0) is 9.53 Å². The van der Waals surface area contributed by atoms with E-state index in [9.17, 15) is 18.0 Å². The third-order valence-corrected chi connectivity index (χ3v) is 3.52. The SMILES string of the molecule is CCC1(C(=O)NCCOCC(F)(F)F)CCNCC1. The van der Waals surface area contributed by atoms with Crippen molar-refractivity contribution in [3.8, 4) is 0 Å². The summed E-state index contributed by atoms with van der Waals surface area (Å²) in [6, 6.07) is 0. The van der Waals surface area contributed by atoms with Crippen LogP contribution in [0.5, 0.6) is 0 Å². The third-order valence-electron chi connectivity index (χ3n) is 3.52. The maximum atomic E-state index is 12.1. The molecule has 0 aromatic rings. The van der Waals surface area contributed by atoms with Gasteiger partial charge >= 0.3 is 6.18 Å². The summed E-state index contributed by atoms with van der Waals surface area (Å²) in [5, 5.41) is 5.86. The first-order valence-electron chi connectivity index (χ1n) is 6.53. The Morgan fingerprint density at radius 1 is 1.37 bits per heavy atom. The normalized spacial score (nSPS) is 19.2. The van der Waals surface area contributed by atoms with E-state index in [-0.39, 0.29) is 24.5 Å². The Morgan fingerprint density at radius 3 is 2.53 bits per heavy atom. The number of hydrogen-bond acceptors (Lipinski definition) is 3. The summed E-state index contributed by atoms with van der Waals surface area (Å²) >= 11 is 0. The number of rotatable bonds is 6. The van der Waals surface area contributed by atoms with Gasteiger partial charge in [-0.05, 0) is 32.4 Å². The number of hydrogen-bond donors (Lipinski definition) is 2. The average molecular weight is 282 g/mol. The van der Waals surface area contributed by atoms with E-state index in [0.29, 0.717) is 0 Å². The first-order valence-corrected chi connectivity index (χ1v) is 6.53. The van der Waals surface area contributed by atoms with Crippen molar-refractivity contribution in [2.24, 2.45) is 5.41 Å². The molecule has 7 heteroatoms. The lowest BCUT2D eigenvalue weighted by Crippen LogP contribution is -2.48. The second-order valence-electron chi connectivity index (χ2n) is 4.81. The molecular weight excluding hydrogens is 261 g/mol. The van der Waals surface area contributed by atoms with Crippen LogP contribution in [0.25, 0.3) is 0 Å². The Bertz CT molecular complexity index is 289. The van der Waals surface area contributed by atoms with Gasteiger partial charge in [0.2, 0.25) is 5.91 Å². The van der Waals surface area contributed by atoms with Crippen LogP contribution in [0.15, 0.2) is 0 Å². The van der Waals surface area contributed by atoms with Crippen LogP contribution in [-0.4, -0.2) is 44.9 Å². The molecule has 1 aliphatic heterocycles. The smallest absolute Gasteiger partial charge is 0.370 e. The van der Waals surface area contributed by atoms with E-state index in [4.69, 9.17) is 0 Å². The summed E-state index contributed by atoms with van der Waals surface area (Å²) in [7, 11) is 0. The van der Waals surface area contributed by atoms with E-state index in [0.717, 1.165) is 32.4 Å². The van der Waals surface area contributed by atoms with Gasteiger partial charge in [-0.2, -0.15) is 13.2 Å². The molecule has 1 amide bonds. The van der Waals surface area contributed by atoms with Crippen LogP contribution < -0.4 is 10.6 Å². The van der Waals surface area contributed by atoms with Gasteiger partial charge < -0.3 is 15.4 Å². The minimum Gasteiger partial charge on any atom is -0.370 e. The maximum absolute atomic E-state index is 12.1. The van der Waals surface area contributed by atoms with Crippen molar-refractivity contribution in [3.05, 3.63) is 0 Å². The highest BCUT2D eigenvalue weighted by Gasteiger charge is 2.37. The van der Waals surface area contributed by atoms with Crippen molar-refractivity contribution >= 4 is 5.91 Å². The maximum Gasteiger partial charge on any atom is 0.411 e. The lowest BCUT2D eigenvalue weighted by Gasteiger charge is -2.35. The Labute approximate surface area is 111 Å². The summed E-state index contributed by atoms with van der Waals surface area (Å²) in [6.07, 6.45) is -2.05. The molecule has 0 bridgehead atoms. The molecule has 0 aromatic heterocycles. The molecule has 4 nitrogen and oxygen atoms in total. The van der Waals surface area contributed by atoms with E-state index >= 15 is 0 Å². The predicted molar refractivity (Wildman–Crippen MR) is 64.7 cm³/mol. The lowest BCUT2D eigenvalue weighted by molar-refractivity contribution is -0.173. The molecule has 2 N–H and O–H groups in total. The quantitative estimate of drug-likeness (QED) is 0.725. The first-order chi connectivity index (χ1) is 8.90. The molecule has 1 heterocycles. The fraction of sp³-hybridized carbons (Fsp3) is 0.917. The Hall–Kier alpha value is -0.820. The summed E-state index contributed by atoms with van der Waals surface area (Å²) in [5.74, 6) is -0.0768. The fourth-order valence-corrected chi connectivity index (χ4v) is 2.26. The van der Waals surface area contributed by atoms with Crippen molar-refractivity contribution in [3.63, 3.8) is 0 Å². The van der Waals surface area contributed by atoms with E-state index in [1.165, 1.54) is 0 Å². The number of halogens is 3. The molecule has 0 spiro atoms. The molecule has 1 aliphatic rings. The zero-order valence-corrected chi connectivity index (χ0v) is 11.1. The lowest BCUT2D eigenvalue weighted by atomic mass is 9.76. The van der Waals surface area contributed by atoms with Gasteiger partial charge in [0.05, 0.1) is 12.0 Å². The van der Waals surface area contributed by atoms with Crippen molar-refractivity contribution in [2.45, 2.75) is 32.4 Å². The third kappa shape index (κ3) is 5.36. The van der Waals surface area contributed by atoms with Crippen LogP contribution in [0.1, 0.15) is 26.2 Å². The molecule has 0 radical (unpaired) electrons. The summed E-state index contributed by atoms with van der Waals surface area (Å²) in [6.45, 7) is 2.28. The number of alkyl halides is 3. The molecule has 112 valence electrons. The number of amides is 1. The van der Waals surface area contributed by atoms with Gasteiger partial charge in [0, 0.05) is 6.54 Å². The first kappa shape index (κ1) is 16.2. The second kappa shape index (κ2) is 7.09. The molecular formula is C12H21F3N2O2. The zero-order chi connectivity index (χ0) is 14.4. The fourth-order valence-electron chi connectivity index (χ4n) is 2.26. The van der Waals surface area contributed by atoms with Gasteiger partial charge in [0.25, 0.3) is 0 Å². The molecule has 0 aromatic carbocycles. The second-order valence-corrected chi connectivity index (χ2v) is 4.81. The minimum absolute atomic E-state index is 0.0768. The van der Waals surface area contributed by atoms with Gasteiger partial charge in [-0.1, -0.05) is 6.92 Å². The Morgan fingerprint density at radius 2 is 2.00 bits per heavy atom. The number of carbonyl (C=O) groups excluding carboxylic acids is 1. The molecule has 0 aliphatic carbocycles. The van der Waals surface area contributed by atoms with Crippen molar-refractivity contribution in [1.82, 2.24) is 10.6 Å². The van der Waals surface area contributed by atoms with Crippen LogP contribution in [0.2, 0.25) is 0 Å². The van der Waals surface area contributed by atoms with Gasteiger partial charge in [0.15, 0.2) is 0 Å².